The number of benzene rings is 2. The highest BCUT2D eigenvalue weighted by Gasteiger charge is 2.28. The van der Waals surface area contributed by atoms with Gasteiger partial charge in [-0.25, -0.2) is 0 Å². The lowest BCUT2D eigenvalue weighted by Gasteiger charge is -2.34. The number of rotatable bonds is 8. The number of anilines is 1. The fraction of sp³-hybridized carbons (Fsp3) is 0.409. The Morgan fingerprint density at radius 2 is 1.86 bits per heavy atom. The van der Waals surface area contributed by atoms with Crippen molar-refractivity contribution in [2.75, 3.05) is 19.1 Å². The Balaban J connectivity index is 2.58. The molecule has 2 unspecified atom stereocenters. The second-order valence-electron chi connectivity index (χ2n) is 7.23. The molecule has 0 saturated carbocycles. The van der Waals surface area contributed by atoms with Crippen molar-refractivity contribution in [1.82, 2.24) is 5.32 Å². The molecular weight excluding hydrogens is 368 g/mol. The predicted octanol–water partition coefficient (Wildman–Crippen LogP) is 2.74. The Labute approximate surface area is 172 Å². The number of aryl methyl sites for hydroxylation is 1. The van der Waals surface area contributed by atoms with Crippen molar-refractivity contribution in [1.29, 1.82) is 5.41 Å². The molecule has 0 radical (unpaired) electrons. The zero-order valence-electron chi connectivity index (χ0n) is 17.7. The van der Waals surface area contributed by atoms with Crippen LogP contribution in [0.1, 0.15) is 43.4 Å². The molecule has 0 spiro atoms. The summed E-state index contributed by atoms with van der Waals surface area (Å²) in [6.45, 7) is 6.09. The number of methoxy groups -OCH3 is 1. The second kappa shape index (κ2) is 9.73. The average Bonchev–Trinajstić information content (AvgIpc) is 2.72. The zero-order valence-corrected chi connectivity index (χ0v) is 17.7. The normalized spacial score (nSPS) is 13.2. The van der Waals surface area contributed by atoms with Crippen LogP contribution in [0, 0.1) is 5.41 Å². The number of nitrogens with one attached hydrogen (secondary N) is 2. The van der Waals surface area contributed by atoms with Crippen LogP contribution >= 0.6 is 0 Å². The third-order valence-electron chi connectivity index (χ3n) is 5.01. The highest BCUT2D eigenvalue weighted by molar-refractivity contribution is 6.10. The summed E-state index contributed by atoms with van der Waals surface area (Å²) in [6.07, 6.45) is -1.13. The SMILES string of the molecule is CCc1ccc(N(C(=N)c2cc(C(C)C)c(OC)cc2O)C(N)C(O)NC)cc1. The van der Waals surface area contributed by atoms with Gasteiger partial charge in [-0.2, -0.15) is 0 Å². The van der Waals surface area contributed by atoms with E-state index in [0.717, 1.165) is 17.5 Å². The Bertz CT molecular complexity index is 837. The number of aliphatic hydroxyl groups excluding tert-OH is 1. The number of hydrogen-bond acceptors (Lipinski definition) is 6. The first kappa shape index (κ1) is 22.7. The number of phenolic OH excluding ortho intramolecular Hbond substituents is 1. The van der Waals surface area contributed by atoms with Gasteiger partial charge in [0.2, 0.25) is 0 Å². The van der Waals surface area contributed by atoms with Crippen LogP contribution in [0.3, 0.4) is 0 Å². The van der Waals surface area contributed by atoms with E-state index in [1.165, 1.54) is 11.0 Å². The Morgan fingerprint density at radius 1 is 1.24 bits per heavy atom. The van der Waals surface area contributed by atoms with E-state index in [4.69, 9.17) is 15.9 Å². The Morgan fingerprint density at radius 3 is 2.34 bits per heavy atom. The lowest BCUT2D eigenvalue weighted by Crippen LogP contribution is -2.57. The first-order chi connectivity index (χ1) is 13.7. The van der Waals surface area contributed by atoms with E-state index in [9.17, 15) is 10.2 Å². The van der Waals surface area contributed by atoms with Gasteiger partial charge in [0.15, 0.2) is 0 Å². The quantitative estimate of drug-likeness (QED) is 0.264. The third-order valence-corrected chi connectivity index (χ3v) is 5.01. The van der Waals surface area contributed by atoms with Crippen LogP contribution in [-0.2, 0) is 6.42 Å². The molecular formula is C22H32N4O3. The molecule has 0 bridgehead atoms. The van der Waals surface area contributed by atoms with Crippen LogP contribution < -0.4 is 20.7 Å². The number of ether oxygens (including phenoxy) is 1. The molecule has 0 heterocycles. The molecule has 0 aliphatic carbocycles. The van der Waals surface area contributed by atoms with Gasteiger partial charge in [0, 0.05) is 11.8 Å². The molecule has 0 amide bonds. The van der Waals surface area contributed by atoms with Crippen LogP contribution in [0.4, 0.5) is 5.69 Å². The number of aliphatic hydroxyl groups is 1. The van der Waals surface area contributed by atoms with Crippen LogP contribution in [0.15, 0.2) is 36.4 Å². The number of likely N-dealkylation sites (N-methyl/N-ethyl adjacent to an activating group) is 1. The minimum absolute atomic E-state index is 0.0156. The van der Waals surface area contributed by atoms with Crippen LogP contribution in [0.2, 0.25) is 0 Å². The Kier molecular flexibility index (Phi) is 7.61. The lowest BCUT2D eigenvalue weighted by molar-refractivity contribution is 0.121. The van der Waals surface area contributed by atoms with Gasteiger partial charge >= 0.3 is 0 Å². The monoisotopic (exact) mass is 400 g/mol. The van der Waals surface area contributed by atoms with E-state index in [0.29, 0.717) is 17.0 Å². The molecule has 0 aliphatic rings. The molecule has 2 aromatic rings. The lowest BCUT2D eigenvalue weighted by atomic mass is 9.97. The highest BCUT2D eigenvalue weighted by Crippen LogP contribution is 2.34. The molecule has 7 heteroatoms. The summed E-state index contributed by atoms with van der Waals surface area (Å²) in [4.78, 5) is 1.51. The van der Waals surface area contributed by atoms with Gasteiger partial charge in [-0.3, -0.25) is 10.7 Å². The van der Waals surface area contributed by atoms with E-state index in [2.05, 4.69) is 12.2 Å². The topological polar surface area (TPSA) is 115 Å². The van der Waals surface area contributed by atoms with Crippen molar-refractivity contribution in [3.05, 3.63) is 53.1 Å². The first-order valence-electron chi connectivity index (χ1n) is 9.74. The van der Waals surface area contributed by atoms with Crippen molar-refractivity contribution in [2.24, 2.45) is 5.73 Å². The van der Waals surface area contributed by atoms with E-state index < -0.39 is 12.4 Å². The van der Waals surface area contributed by atoms with Crippen molar-refractivity contribution < 1.29 is 14.9 Å². The number of hydrogen-bond donors (Lipinski definition) is 5. The second-order valence-corrected chi connectivity index (χ2v) is 7.23. The fourth-order valence-corrected chi connectivity index (χ4v) is 3.19. The molecule has 0 saturated heterocycles. The molecule has 0 aliphatic heterocycles. The minimum Gasteiger partial charge on any atom is -0.507 e. The van der Waals surface area contributed by atoms with Gasteiger partial charge in [0.25, 0.3) is 0 Å². The molecule has 6 N–H and O–H groups in total. The number of phenols is 1. The molecule has 0 aromatic heterocycles. The summed E-state index contributed by atoms with van der Waals surface area (Å²) in [5.74, 6) is 0.592. The van der Waals surface area contributed by atoms with E-state index in [1.807, 2.05) is 38.1 Å². The maximum Gasteiger partial charge on any atom is 0.138 e. The van der Waals surface area contributed by atoms with Gasteiger partial charge in [-0.05, 0) is 48.7 Å². The highest BCUT2D eigenvalue weighted by atomic mass is 16.5. The number of nitrogens with two attached hydrogens (primary N) is 1. The van der Waals surface area contributed by atoms with Gasteiger partial charge in [0.05, 0.1) is 12.7 Å². The summed E-state index contributed by atoms with van der Waals surface area (Å²) < 4.78 is 5.38. The third kappa shape index (κ3) is 4.87. The van der Waals surface area contributed by atoms with Gasteiger partial charge in [-0.1, -0.05) is 32.9 Å². The maximum atomic E-state index is 10.6. The Hall–Kier alpha value is -2.61. The van der Waals surface area contributed by atoms with Crippen LogP contribution in [0.5, 0.6) is 11.5 Å². The van der Waals surface area contributed by atoms with Gasteiger partial charge in [-0.15, -0.1) is 0 Å². The summed E-state index contributed by atoms with van der Waals surface area (Å²) in [7, 11) is 3.14. The fourth-order valence-electron chi connectivity index (χ4n) is 3.19. The molecule has 29 heavy (non-hydrogen) atoms. The molecule has 0 fully saturated rings. The van der Waals surface area contributed by atoms with Crippen LogP contribution in [0.25, 0.3) is 0 Å². The van der Waals surface area contributed by atoms with Crippen molar-refractivity contribution >= 4 is 11.5 Å². The molecule has 7 nitrogen and oxygen atoms in total. The smallest absolute Gasteiger partial charge is 0.138 e. The average molecular weight is 401 g/mol. The zero-order chi connectivity index (χ0) is 21.7. The maximum absolute atomic E-state index is 10.6. The summed E-state index contributed by atoms with van der Waals surface area (Å²) in [5.41, 5.74) is 9.26. The number of aromatic hydroxyl groups is 1. The molecule has 158 valence electrons. The van der Waals surface area contributed by atoms with Crippen molar-refractivity contribution in [3.63, 3.8) is 0 Å². The van der Waals surface area contributed by atoms with Crippen molar-refractivity contribution in [3.8, 4) is 11.5 Å². The van der Waals surface area contributed by atoms with Gasteiger partial charge < -0.3 is 25.6 Å². The molecule has 2 atom stereocenters. The summed E-state index contributed by atoms with van der Waals surface area (Å²) in [5, 5.41) is 32.4. The molecule has 2 rings (SSSR count). The number of nitrogens with zero attached hydrogens (tertiary/aromatic N) is 1. The van der Waals surface area contributed by atoms with E-state index in [-0.39, 0.29) is 17.5 Å². The standard InChI is InChI=1S/C22H32N4O3/c1-6-14-7-9-15(10-8-14)26(21(24)22(28)25-4)20(23)17-11-16(13(2)3)19(29-5)12-18(17)27/h7-13,21-23,25,27-28H,6,24H2,1-5H3. The largest absolute Gasteiger partial charge is 0.507 e. The minimum atomic E-state index is -1.08. The van der Waals surface area contributed by atoms with Gasteiger partial charge in [0.1, 0.15) is 29.7 Å². The van der Waals surface area contributed by atoms with E-state index in [1.54, 1.807) is 20.2 Å². The van der Waals surface area contributed by atoms with Crippen LogP contribution in [-0.4, -0.2) is 42.6 Å². The predicted molar refractivity (Wildman–Crippen MR) is 117 cm³/mol. The molecule has 2 aromatic carbocycles. The number of amidine groups is 1. The first-order valence-corrected chi connectivity index (χ1v) is 9.74. The van der Waals surface area contributed by atoms with E-state index >= 15 is 0 Å². The van der Waals surface area contributed by atoms with Crippen molar-refractivity contribution in [2.45, 2.75) is 45.5 Å². The summed E-state index contributed by atoms with van der Waals surface area (Å²) in [6, 6.07) is 10.9. The summed E-state index contributed by atoms with van der Waals surface area (Å²) >= 11 is 0.